The summed E-state index contributed by atoms with van der Waals surface area (Å²) in [5, 5.41) is 0. The highest BCUT2D eigenvalue weighted by Gasteiger charge is 2.22. The van der Waals surface area contributed by atoms with Crippen LogP contribution in [-0.4, -0.2) is 51.6 Å². The normalized spacial score (nSPS) is 20.5. The first kappa shape index (κ1) is 50.1. The Hall–Kier alpha value is -5.40. The maximum atomic E-state index is 6.15. The molecule has 0 aromatic heterocycles. The lowest BCUT2D eigenvalue weighted by molar-refractivity contribution is -0.169. The molecule has 378 valence electrons. The van der Waals surface area contributed by atoms with Crippen LogP contribution in [0.25, 0.3) is 11.1 Å². The summed E-state index contributed by atoms with van der Waals surface area (Å²) in [4.78, 5) is 4.69. The second kappa shape index (κ2) is 25.0. The van der Waals surface area contributed by atoms with Crippen molar-refractivity contribution in [3.05, 3.63) is 167 Å². The highest BCUT2D eigenvalue weighted by Crippen LogP contribution is 2.41. The second-order valence-electron chi connectivity index (χ2n) is 19.8. The van der Waals surface area contributed by atoms with Crippen molar-refractivity contribution in [2.75, 3.05) is 36.2 Å². The number of benzene rings is 6. The molecule has 4 unspecified atom stereocenters. The first-order valence-electron chi connectivity index (χ1n) is 26.6. The predicted molar refractivity (Wildman–Crippen MR) is 284 cm³/mol. The minimum absolute atomic E-state index is 0.127. The van der Waals surface area contributed by atoms with E-state index >= 15 is 0 Å². The SMILES string of the molecule is Cc1cc(-c2ccc(N(c3ccc(COC4CCCCO4)cc3)c3ccc(COC4CCCCO4)cc3)c(C)c2)ccc1N(c1ccc(COC2CCCCO2)cc1)c1ccc(COC2CCCCO2)cc1. The van der Waals surface area contributed by atoms with E-state index in [0.717, 1.165) is 182 Å². The van der Waals surface area contributed by atoms with E-state index in [2.05, 4.69) is 157 Å². The molecule has 72 heavy (non-hydrogen) atoms. The van der Waals surface area contributed by atoms with Gasteiger partial charge in [0.2, 0.25) is 0 Å². The minimum Gasteiger partial charge on any atom is -0.353 e. The van der Waals surface area contributed by atoms with Crippen molar-refractivity contribution in [2.45, 2.75) is 142 Å². The van der Waals surface area contributed by atoms with Gasteiger partial charge in [-0.2, -0.15) is 0 Å². The third-order valence-corrected chi connectivity index (χ3v) is 14.3. The van der Waals surface area contributed by atoms with Crippen LogP contribution in [-0.2, 0) is 64.3 Å². The molecule has 10 nitrogen and oxygen atoms in total. The molecular weight excluding hydrogens is 901 g/mol. The predicted octanol–water partition coefficient (Wildman–Crippen LogP) is 15.1. The van der Waals surface area contributed by atoms with Crippen molar-refractivity contribution < 1.29 is 37.9 Å². The van der Waals surface area contributed by atoms with Crippen molar-refractivity contribution in [1.29, 1.82) is 0 Å². The van der Waals surface area contributed by atoms with Crippen LogP contribution in [0.4, 0.5) is 34.1 Å². The lowest BCUT2D eigenvalue weighted by Crippen LogP contribution is -2.22. The number of anilines is 6. The molecule has 4 aliphatic heterocycles. The molecule has 4 heterocycles. The third-order valence-electron chi connectivity index (χ3n) is 14.3. The van der Waals surface area contributed by atoms with E-state index in [-0.39, 0.29) is 25.2 Å². The fraction of sp³-hybridized carbons (Fsp3) is 0.419. The average Bonchev–Trinajstić information content (AvgIpc) is 3.44. The van der Waals surface area contributed by atoms with Crippen LogP contribution in [0.1, 0.15) is 110 Å². The molecule has 0 N–H and O–H groups in total. The maximum absolute atomic E-state index is 6.15. The molecule has 10 rings (SSSR count). The van der Waals surface area contributed by atoms with Crippen molar-refractivity contribution in [3.8, 4) is 11.1 Å². The average molecular weight is 973 g/mol. The molecule has 0 spiro atoms. The van der Waals surface area contributed by atoms with E-state index in [1.54, 1.807) is 0 Å². The van der Waals surface area contributed by atoms with Crippen LogP contribution in [0.5, 0.6) is 0 Å². The zero-order chi connectivity index (χ0) is 48.9. The molecule has 0 aliphatic carbocycles. The van der Waals surface area contributed by atoms with E-state index in [1.165, 1.54) is 0 Å². The number of ether oxygens (including phenoxy) is 8. The first-order valence-corrected chi connectivity index (χ1v) is 26.6. The molecule has 0 bridgehead atoms. The number of rotatable bonds is 19. The lowest BCUT2D eigenvalue weighted by atomic mass is 9.98. The van der Waals surface area contributed by atoms with Crippen molar-refractivity contribution in [2.24, 2.45) is 0 Å². The molecule has 0 radical (unpaired) electrons. The van der Waals surface area contributed by atoms with Crippen LogP contribution in [0, 0.1) is 13.8 Å². The van der Waals surface area contributed by atoms with Crippen LogP contribution >= 0.6 is 0 Å². The Balaban J connectivity index is 0.902. The summed E-state index contributed by atoms with van der Waals surface area (Å²) in [5.41, 5.74) is 15.6. The van der Waals surface area contributed by atoms with Crippen LogP contribution in [0.15, 0.2) is 133 Å². The number of hydrogen-bond donors (Lipinski definition) is 0. The molecule has 4 saturated heterocycles. The molecular formula is C62H72N2O8. The topological polar surface area (TPSA) is 80.3 Å². The molecule has 4 aliphatic rings. The summed E-state index contributed by atoms with van der Waals surface area (Å²) in [7, 11) is 0. The Morgan fingerprint density at radius 1 is 0.347 bits per heavy atom. The lowest BCUT2D eigenvalue weighted by Gasteiger charge is -2.29. The fourth-order valence-corrected chi connectivity index (χ4v) is 10.1. The number of nitrogens with zero attached hydrogens (tertiary/aromatic N) is 2. The smallest absolute Gasteiger partial charge is 0.158 e. The summed E-state index contributed by atoms with van der Waals surface area (Å²) in [5.74, 6) is 0. The zero-order valence-electron chi connectivity index (χ0n) is 42.3. The van der Waals surface area contributed by atoms with Gasteiger partial charge in [-0.15, -0.1) is 0 Å². The zero-order valence-corrected chi connectivity index (χ0v) is 42.3. The number of aryl methyl sites for hydroxylation is 2. The Labute approximate surface area is 427 Å². The maximum Gasteiger partial charge on any atom is 0.158 e. The van der Waals surface area contributed by atoms with Gasteiger partial charge in [0.05, 0.1) is 26.4 Å². The summed E-state index contributed by atoms with van der Waals surface area (Å²) < 4.78 is 48.0. The third kappa shape index (κ3) is 13.2. The van der Waals surface area contributed by atoms with Gasteiger partial charge < -0.3 is 47.7 Å². The Bertz CT molecular complexity index is 2280. The van der Waals surface area contributed by atoms with Gasteiger partial charge in [0.15, 0.2) is 25.2 Å². The highest BCUT2D eigenvalue weighted by molar-refractivity contribution is 5.83. The molecule has 4 atom stereocenters. The van der Waals surface area contributed by atoms with Gasteiger partial charge in [0.1, 0.15) is 0 Å². The molecule has 4 fully saturated rings. The fourth-order valence-electron chi connectivity index (χ4n) is 10.1. The van der Waals surface area contributed by atoms with Crippen molar-refractivity contribution in [1.82, 2.24) is 0 Å². The van der Waals surface area contributed by atoms with Crippen molar-refractivity contribution >= 4 is 34.1 Å². The van der Waals surface area contributed by atoms with Crippen LogP contribution < -0.4 is 9.80 Å². The standard InChI is InChI=1S/C62H72N2O8/c1-45-39-51(23-33-57(45)63(53-25-15-47(16-26-53)41-69-59-11-3-7-35-65-59)54-27-17-48(18-28-54)42-70-60-12-4-8-36-66-60)52-24-34-58(46(2)40-52)64(55-29-19-49(20-30-55)43-71-61-13-5-9-37-67-61)56-31-21-50(22-32-56)44-72-62-14-6-10-38-68-62/h15-34,39-40,59-62H,3-14,35-38,41-44H2,1-2H3. The van der Waals surface area contributed by atoms with E-state index in [1.807, 2.05) is 0 Å². The summed E-state index contributed by atoms with van der Waals surface area (Å²) >= 11 is 0. The second-order valence-corrected chi connectivity index (χ2v) is 19.8. The van der Waals surface area contributed by atoms with Gasteiger partial charge in [-0.1, -0.05) is 60.7 Å². The molecule has 10 heteroatoms. The van der Waals surface area contributed by atoms with Gasteiger partial charge >= 0.3 is 0 Å². The molecule has 0 saturated carbocycles. The van der Waals surface area contributed by atoms with Gasteiger partial charge in [-0.25, -0.2) is 0 Å². The minimum atomic E-state index is -0.127. The first-order chi connectivity index (χ1) is 35.5. The molecule has 6 aromatic rings. The molecule has 0 amide bonds. The van der Waals surface area contributed by atoms with E-state index in [4.69, 9.17) is 37.9 Å². The van der Waals surface area contributed by atoms with Crippen LogP contribution in [0.2, 0.25) is 0 Å². The van der Waals surface area contributed by atoms with Crippen molar-refractivity contribution in [3.63, 3.8) is 0 Å². The van der Waals surface area contributed by atoms with Gasteiger partial charge in [-0.3, -0.25) is 0 Å². The van der Waals surface area contributed by atoms with E-state index in [9.17, 15) is 0 Å². The number of hydrogen-bond acceptors (Lipinski definition) is 10. The van der Waals surface area contributed by atoms with Gasteiger partial charge in [0.25, 0.3) is 0 Å². The van der Waals surface area contributed by atoms with Gasteiger partial charge in [0, 0.05) is 60.6 Å². The monoisotopic (exact) mass is 973 g/mol. The van der Waals surface area contributed by atoms with E-state index < -0.39 is 0 Å². The van der Waals surface area contributed by atoms with E-state index in [0.29, 0.717) is 26.4 Å². The summed E-state index contributed by atoms with van der Waals surface area (Å²) in [6.45, 7) is 9.57. The summed E-state index contributed by atoms with van der Waals surface area (Å²) in [6, 6.07) is 48.5. The van der Waals surface area contributed by atoms with Gasteiger partial charge in [-0.05, 0) is 208 Å². The Kier molecular flexibility index (Phi) is 17.4. The molecule has 6 aromatic carbocycles. The highest BCUT2D eigenvalue weighted by atomic mass is 16.7. The Morgan fingerprint density at radius 2 is 0.611 bits per heavy atom. The van der Waals surface area contributed by atoms with Crippen LogP contribution in [0.3, 0.4) is 0 Å². The summed E-state index contributed by atoms with van der Waals surface area (Å²) in [6.07, 6.45) is 12.3. The Morgan fingerprint density at radius 3 is 0.833 bits per heavy atom. The largest absolute Gasteiger partial charge is 0.353 e. The quantitative estimate of drug-likeness (QED) is 0.0783.